The van der Waals surface area contributed by atoms with E-state index in [2.05, 4.69) is 0 Å². The molecule has 2 unspecified atom stereocenters. The van der Waals surface area contributed by atoms with Crippen LogP contribution in [-0.2, 0) is 16.6 Å². The van der Waals surface area contributed by atoms with Gasteiger partial charge >= 0.3 is 0 Å². The second-order valence-electron chi connectivity index (χ2n) is 3.32. The van der Waals surface area contributed by atoms with Gasteiger partial charge in [0, 0.05) is 28.3 Å². The maximum Gasteiger partial charge on any atom is 0.141 e. The average molecular weight is 250 g/mol. The molecule has 0 saturated heterocycles. The highest BCUT2D eigenvalue weighted by Crippen LogP contribution is 2.17. The monoisotopic (exact) mass is 249 g/mol. The first kappa shape index (κ1) is 12.6. The van der Waals surface area contributed by atoms with Crippen molar-refractivity contribution in [2.45, 2.75) is 17.9 Å². The number of hydrogen-bond donors (Lipinski definition) is 1. The van der Waals surface area contributed by atoms with Crippen molar-refractivity contribution in [1.82, 2.24) is 0 Å². The lowest BCUT2D eigenvalue weighted by Gasteiger charge is -2.08. The molecule has 0 amide bonds. The third kappa shape index (κ3) is 3.55. The summed E-state index contributed by atoms with van der Waals surface area (Å²) in [4.78, 5) is 0. The molecule has 0 aliphatic carbocycles. The predicted octanol–water partition coefficient (Wildman–Crippen LogP) is 2.08. The minimum atomic E-state index is -1.04. The molecule has 0 aromatic heterocycles. The van der Waals surface area contributed by atoms with E-state index in [9.17, 15) is 8.60 Å². The quantitative estimate of drug-likeness (QED) is 0.888. The number of benzene rings is 1. The van der Waals surface area contributed by atoms with Crippen molar-refractivity contribution in [1.29, 1.82) is 0 Å². The molecule has 0 saturated carbocycles. The Balaban J connectivity index is 2.73. The van der Waals surface area contributed by atoms with Crippen LogP contribution in [0.4, 0.5) is 4.39 Å². The molecule has 1 rings (SSSR count). The Bertz CT molecular complexity index is 372. The van der Waals surface area contributed by atoms with E-state index in [1.54, 1.807) is 6.07 Å². The SMILES string of the molecule is CC(CN)S(=O)Cc1ccc(F)c(Cl)c1. The highest BCUT2D eigenvalue weighted by Gasteiger charge is 2.10. The first-order valence-corrected chi connectivity index (χ1v) is 6.31. The lowest BCUT2D eigenvalue weighted by Crippen LogP contribution is -2.22. The van der Waals surface area contributed by atoms with Crippen LogP contribution in [0.5, 0.6) is 0 Å². The summed E-state index contributed by atoms with van der Waals surface area (Å²) in [5.41, 5.74) is 6.17. The third-order valence-electron chi connectivity index (χ3n) is 2.07. The van der Waals surface area contributed by atoms with Crippen molar-refractivity contribution in [3.05, 3.63) is 34.6 Å². The first-order chi connectivity index (χ1) is 7.04. The molecule has 2 atom stereocenters. The van der Waals surface area contributed by atoms with E-state index in [0.29, 0.717) is 12.3 Å². The van der Waals surface area contributed by atoms with E-state index >= 15 is 0 Å². The van der Waals surface area contributed by atoms with Crippen LogP contribution in [0.1, 0.15) is 12.5 Å². The maximum absolute atomic E-state index is 12.8. The lowest BCUT2D eigenvalue weighted by molar-refractivity contribution is 0.627. The van der Waals surface area contributed by atoms with E-state index < -0.39 is 16.6 Å². The number of hydrogen-bond acceptors (Lipinski definition) is 2. The van der Waals surface area contributed by atoms with Crippen molar-refractivity contribution in [2.24, 2.45) is 5.73 Å². The van der Waals surface area contributed by atoms with Crippen LogP contribution in [0.3, 0.4) is 0 Å². The summed E-state index contributed by atoms with van der Waals surface area (Å²) in [6.07, 6.45) is 0. The van der Waals surface area contributed by atoms with Crippen molar-refractivity contribution in [3.63, 3.8) is 0 Å². The summed E-state index contributed by atoms with van der Waals surface area (Å²) in [6.45, 7) is 2.20. The highest BCUT2D eigenvalue weighted by atomic mass is 35.5. The molecule has 0 fully saturated rings. The van der Waals surface area contributed by atoms with Gasteiger partial charge < -0.3 is 5.73 Å². The fraction of sp³-hybridized carbons (Fsp3) is 0.400. The van der Waals surface area contributed by atoms with Gasteiger partial charge in [-0.25, -0.2) is 4.39 Å². The van der Waals surface area contributed by atoms with Gasteiger partial charge in [0.05, 0.1) is 5.02 Å². The van der Waals surface area contributed by atoms with E-state index in [4.69, 9.17) is 17.3 Å². The zero-order valence-electron chi connectivity index (χ0n) is 8.37. The highest BCUT2D eigenvalue weighted by molar-refractivity contribution is 7.84. The van der Waals surface area contributed by atoms with Crippen LogP contribution < -0.4 is 5.73 Å². The molecule has 0 aliphatic heterocycles. The van der Waals surface area contributed by atoms with Crippen molar-refractivity contribution >= 4 is 22.4 Å². The Morgan fingerprint density at radius 1 is 1.60 bits per heavy atom. The third-order valence-corrected chi connectivity index (χ3v) is 4.07. The molecule has 0 spiro atoms. The number of nitrogens with two attached hydrogens (primary N) is 1. The van der Waals surface area contributed by atoms with Crippen LogP contribution in [0, 0.1) is 5.82 Å². The van der Waals surface area contributed by atoms with Crippen LogP contribution in [0.2, 0.25) is 5.02 Å². The molecule has 2 nitrogen and oxygen atoms in total. The van der Waals surface area contributed by atoms with Crippen molar-refractivity contribution in [2.75, 3.05) is 6.54 Å². The second-order valence-corrected chi connectivity index (χ2v) is 5.58. The summed E-state index contributed by atoms with van der Waals surface area (Å²) in [5.74, 6) is -0.101. The summed E-state index contributed by atoms with van der Waals surface area (Å²) in [7, 11) is -1.04. The van der Waals surface area contributed by atoms with Gasteiger partial charge in [-0.3, -0.25) is 4.21 Å². The van der Waals surface area contributed by atoms with E-state index in [1.165, 1.54) is 12.1 Å². The van der Waals surface area contributed by atoms with Gasteiger partial charge in [0.25, 0.3) is 0 Å². The number of rotatable bonds is 4. The van der Waals surface area contributed by atoms with Crippen molar-refractivity contribution < 1.29 is 8.60 Å². The Kier molecular flexibility index (Phi) is 4.70. The standard InChI is InChI=1S/C10H13ClFNOS/c1-7(5-13)15(14)6-8-2-3-10(12)9(11)4-8/h2-4,7H,5-6,13H2,1H3. The second kappa shape index (κ2) is 5.58. The Morgan fingerprint density at radius 2 is 2.27 bits per heavy atom. The molecule has 1 aromatic rings. The smallest absolute Gasteiger partial charge is 0.141 e. The molecule has 15 heavy (non-hydrogen) atoms. The minimum absolute atomic E-state index is 0.0601. The van der Waals surface area contributed by atoms with Gasteiger partial charge in [0.15, 0.2) is 0 Å². The van der Waals surface area contributed by atoms with Gasteiger partial charge in [-0.15, -0.1) is 0 Å². The van der Waals surface area contributed by atoms with Crippen molar-refractivity contribution in [3.8, 4) is 0 Å². The normalized spacial score (nSPS) is 14.9. The average Bonchev–Trinajstić information content (AvgIpc) is 2.22. The molecular formula is C10H13ClFNOS. The van der Waals surface area contributed by atoms with Crippen LogP contribution in [-0.4, -0.2) is 16.0 Å². The molecule has 84 valence electrons. The van der Waals surface area contributed by atoms with E-state index in [1.807, 2.05) is 6.92 Å². The summed E-state index contributed by atoms with van der Waals surface area (Å²) in [6, 6.07) is 4.36. The van der Waals surface area contributed by atoms with E-state index in [0.717, 1.165) is 5.56 Å². The van der Waals surface area contributed by atoms with Crippen LogP contribution in [0.25, 0.3) is 0 Å². The Morgan fingerprint density at radius 3 is 2.80 bits per heavy atom. The largest absolute Gasteiger partial charge is 0.329 e. The molecule has 5 heteroatoms. The molecule has 0 bridgehead atoms. The van der Waals surface area contributed by atoms with Gasteiger partial charge in [-0.1, -0.05) is 17.7 Å². The lowest BCUT2D eigenvalue weighted by atomic mass is 10.2. The molecule has 0 heterocycles. The molecule has 0 radical (unpaired) electrons. The van der Waals surface area contributed by atoms with Crippen LogP contribution >= 0.6 is 11.6 Å². The topological polar surface area (TPSA) is 43.1 Å². The van der Waals surface area contributed by atoms with Gasteiger partial charge in [0.2, 0.25) is 0 Å². The number of halogens is 2. The van der Waals surface area contributed by atoms with Gasteiger partial charge in [0.1, 0.15) is 5.82 Å². The predicted molar refractivity (Wildman–Crippen MR) is 61.8 cm³/mol. The van der Waals surface area contributed by atoms with Gasteiger partial charge in [-0.05, 0) is 24.6 Å². The summed E-state index contributed by atoms with van der Waals surface area (Å²) >= 11 is 5.61. The molecule has 2 N–H and O–H groups in total. The van der Waals surface area contributed by atoms with E-state index in [-0.39, 0.29) is 10.3 Å². The zero-order valence-corrected chi connectivity index (χ0v) is 9.95. The summed E-state index contributed by atoms with van der Waals surface area (Å²) < 4.78 is 24.5. The molecule has 0 aliphatic rings. The summed E-state index contributed by atoms with van der Waals surface area (Å²) in [5, 5.41) is -0.00118. The first-order valence-electron chi connectivity index (χ1n) is 4.55. The van der Waals surface area contributed by atoms with Crippen LogP contribution in [0.15, 0.2) is 18.2 Å². The molecular weight excluding hydrogens is 237 g/mol. The van der Waals surface area contributed by atoms with Gasteiger partial charge in [-0.2, -0.15) is 0 Å². The fourth-order valence-electron chi connectivity index (χ4n) is 1.04. The fourth-order valence-corrected chi connectivity index (χ4v) is 2.25. The zero-order chi connectivity index (χ0) is 11.4. The maximum atomic E-state index is 12.8. The Labute approximate surface area is 96.1 Å². The molecule has 1 aromatic carbocycles. The Hall–Kier alpha value is -0.450. The minimum Gasteiger partial charge on any atom is -0.329 e.